The molecule has 0 radical (unpaired) electrons. The molecular weight excluding hydrogens is 130 g/mol. The van der Waals surface area contributed by atoms with Crippen LogP contribution in [0.2, 0.25) is 0 Å². The SMILES string of the molecule is O=C[C@H]1C[C@@H]2C[C@@H]1C(=O)N2. The number of carbonyl (C=O) groups is 2. The molecule has 1 aliphatic carbocycles. The van der Waals surface area contributed by atoms with Gasteiger partial charge in [-0.15, -0.1) is 0 Å². The van der Waals surface area contributed by atoms with Crippen molar-refractivity contribution in [1.82, 2.24) is 5.32 Å². The van der Waals surface area contributed by atoms with Crippen molar-refractivity contribution < 1.29 is 9.59 Å². The van der Waals surface area contributed by atoms with Crippen LogP contribution in [0.15, 0.2) is 0 Å². The molecule has 2 aliphatic rings. The van der Waals surface area contributed by atoms with Gasteiger partial charge in [0.05, 0.1) is 0 Å². The van der Waals surface area contributed by atoms with Crippen LogP contribution in [0.25, 0.3) is 0 Å². The summed E-state index contributed by atoms with van der Waals surface area (Å²) in [5.41, 5.74) is 0. The lowest BCUT2D eigenvalue weighted by Gasteiger charge is -2.15. The van der Waals surface area contributed by atoms with Crippen LogP contribution in [0.3, 0.4) is 0 Å². The zero-order chi connectivity index (χ0) is 7.14. The maximum Gasteiger partial charge on any atom is 0.224 e. The Bertz CT molecular complexity index is 188. The van der Waals surface area contributed by atoms with Crippen LogP contribution in [0.5, 0.6) is 0 Å². The van der Waals surface area contributed by atoms with Gasteiger partial charge < -0.3 is 10.1 Å². The zero-order valence-electron chi connectivity index (χ0n) is 5.54. The molecule has 2 fully saturated rings. The predicted molar refractivity (Wildman–Crippen MR) is 34.2 cm³/mol. The number of piperidine rings is 1. The molecule has 0 aromatic heterocycles. The van der Waals surface area contributed by atoms with Crippen LogP contribution < -0.4 is 5.32 Å². The number of amides is 1. The monoisotopic (exact) mass is 139 g/mol. The van der Waals surface area contributed by atoms with Gasteiger partial charge in [-0.1, -0.05) is 0 Å². The number of nitrogens with one attached hydrogen (secondary N) is 1. The zero-order valence-corrected chi connectivity index (χ0v) is 5.54. The lowest BCUT2D eigenvalue weighted by molar-refractivity contribution is -0.128. The molecule has 10 heavy (non-hydrogen) atoms. The van der Waals surface area contributed by atoms with E-state index in [1.807, 2.05) is 0 Å². The molecule has 1 amide bonds. The Morgan fingerprint density at radius 2 is 2.30 bits per heavy atom. The van der Waals surface area contributed by atoms with Crippen LogP contribution >= 0.6 is 0 Å². The molecule has 3 heteroatoms. The van der Waals surface area contributed by atoms with Gasteiger partial charge in [0, 0.05) is 17.9 Å². The van der Waals surface area contributed by atoms with E-state index < -0.39 is 0 Å². The van der Waals surface area contributed by atoms with Gasteiger partial charge >= 0.3 is 0 Å². The summed E-state index contributed by atoms with van der Waals surface area (Å²) in [7, 11) is 0. The van der Waals surface area contributed by atoms with Gasteiger partial charge in [0.25, 0.3) is 0 Å². The minimum Gasteiger partial charge on any atom is -0.353 e. The van der Waals surface area contributed by atoms with Crippen molar-refractivity contribution in [2.45, 2.75) is 18.9 Å². The minimum atomic E-state index is 0.00231. The average molecular weight is 139 g/mol. The van der Waals surface area contributed by atoms with Gasteiger partial charge in [-0.2, -0.15) is 0 Å². The van der Waals surface area contributed by atoms with Gasteiger partial charge in [0.15, 0.2) is 0 Å². The van der Waals surface area contributed by atoms with Gasteiger partial charge in [0.2, 0.25) is 5.91 Å². The third kappa shape index (κ3) is 0.602. The van der Waals surface area contributed by atoms with Gasteiger partial charge in [0.1, 0.15) is 6.29 Å². The number of fused-ring (bicyclic) bond motifs is 2. The summed E-state index contributed by atoms with van der Waals surface area (Å²) in [6.07, 6.45) is 2.66. The van der Waals surface area contributed by atoms with E-state index in [0.29, 0.717) is 6.04 Å². The number of aldehydes is 1. The van der Waals surface area contributed by atoms with Crippen LogP contribution in [0, 0.1) is 11.8 Å². The number of rotatable bonds is 1. The Hall–Kier alpha value is -0.860. The Morgan fingerprint density at radius 1 is 1.50 bits per heavy atom. The van der Waals surface area contributed by atoms with E-state index in [1.165, 1.54) is 0 Å². The maximum atomic E-state index is 10.9. The highest BCUT2D eigenvalue weighted by Gasteiger charge is 2.45. The van der Waals surface area contributed by atoms with Crippen molar-refractivity contribution >= 4 is 12.2 Å². The first kappa shape index (κ1) is 5.89. The van der Waals surface area contributed by atoms with E-state index in [9.17, 15) is 9.59 Å². The van der Waals surface area contributed by atoms with Crippen LogP contribution in [-0.4, -0.2) is 18.2 Å². The molecule has 0 aromatic carbocycles. The largest absolute Gasteiger partial charge is 0.353 e. The fourth-order valence-corrected chi connectivity index (χ4v) is 1.95. The normalized spacial score (nSPS) is 43.6. The highest BCUT2D eigenvalue weighted by Crippen LogP contribution is 2.35. The van der Waals surface area contributed by atoms with E-state index >= 15 is 0 Å². The van der Waals surface area contributed by atoms with E-state index in [4.69, 9.17) is 0 Å². The molecular formula is C7H9NO2. The van der Waals surface area contributed by atoms with Crippen molar-refractivity contribution in [2.24, 2.45) is 11.8 Å². The number of carbonyl (C=O) groups excluding carboxylic acids is 2. The molecule has 1 saturated carbocycles. The summed E-state index contributed by atoms with van der Waals surface area (Å²) in [5, 5.41) is 2.82. The van der Waals surface area contributed by atoms with Crippen molar-refractivity contribution in [3.05, 3.63) is 0 Å². The molecule has 3 atom stereocenters. The first-order valence-corrected chi connectivity index (χ1v) is 3.57. The molecule has 1 saturated heterocycles. The Kier molecular flexibility index (Phi) is 1.07. The van der Waals surface area contributed by atoms with Crippen molar-refractivity contribution in [2.75, 3.05) is 0 Å². The first-order valence-electron chi connectivity index (χ1n) is 3.57. The standard InChI is InChI=1S/C7H9NO2/c9-3-4-1-5-2-6(4)7(10)8-5/h3-6H,1-2H2,(H,8,10)/t4-,5-,6+/m1/s1. The second-order valence-electron chi connectivity index (χ2n) is 3.08. The van der Waals surface area contributed by atoms with Gasteiger partial charge in [-0.3, -0.25) is 4.79 Å². The van der Waals surface area contributed by atoms with Crippen molar-refractivity contribution in [3.8, 4) is 0 Å². The maximum absolute atomic E-state index is 10.9. The summed E-state index contributed by atoms with van der Waals surface area (Å²) in [4.78, 5) is 21.3. The average Bonchev–Trinajstić information content (AvgIpc) is 2.44. The van der Waals surface area contributed by atoms with E-state index in [1.54, 1.807) is 0 Å². The molecule has 1 aliphatic heterocycles. The van der Waals surface area contributed by atoms with E-state index in [2.05, 4.69) is 5.32 Å². The Labute approximate surface area is 58.8 Å². The fourth-order valence-electron chi connectivity index (χ4n) is 1.95. The predicted octanol–water partition coefficient (Wildman–Crippen LogP) is -0.290. The van der Waals surface area contributed by atoms with Crippen molar-refractivity contribution in [1.29, 1.82) is 0 Å². The Morgan fingerprint density at radius 3 is 2.70 bits per heavy atom. The second kappa shape index (κ2) is 1.81. The topological polar surface area (TPSA) is 46.2 Å². The third-order valence-corrected chi connectivity index (χ3v) is 2.47. The lowest BCUT2D eigenvalue weighted by Crippen LogP contribution is -2.35. The Balaban J connectivity index is 2.19. The molecule has 0 unspecified atom stereocenters. The van der Waals surface area contributed by atoms with Crippen molar-refractivity contribution in [3.63, 3.8) is 0 Å². The molecule has 1 heterocycles. The van der Waals surface area contributed by atoms with Crippen LogP contribution in [-0.2, 0) is 9.59 Å². The van der Waals surface area contributed by atoms with Crippen LogP contribution in [0.1, 0.15) is 12.8 Å². The lowest BCUT2D eigenvalue weighted by atomic mass is 9.96. The fraction of sp³-hybridized carbons (Fsp3) is 0.714. The quantitative estimate of drug-likeness (QED) is 0.507. The molecule has 0 aromatic rings. The molecule has 2 bridgehead atoms. The third-order valence-electron chi connectivity index (χ3n) is 2.47. The number of hydrogen-bond acceptors (Lipinski definition) is 2. The van der Waals surface area contributed by atoms with Crippen LogP contribution in [0.4, 0.5) is 0 Å². The second-order valence-corrected chi connectivity index (χ2v) is 3.08. The highest BCUT2D eigenvalue weighted by molar-refractivity contribution is 5.85. The highest BCUT2D eigenvalue weighted by atomic mass is 16.2. The summed E-state index contributed by atoms with van der Waals surface area (Å²) >= 11 is 0. The molecule has 3 nitrogen and oxygen atoms in total. The van der Waals surface area contributed by atoms with Gasteiger partial charge in [-0.25, -0.2) is 0 Å². The summed E-state index contributed by atoms with van der Waals surface area (Å²) < 4.78 is 0. The summed E-state index contributed by atoms with van der Waals surface area (Å²) in [6.45, 7) is 0. The van der Waals surface area contributed by atoms with E-state index in [-0.39, 0.29) is 17.7 Å². The molecule has 2 rings (SSSR count). The smallest absolute Gasteiger partial charge is 0.224 e. The number of hydrogen-bond donors (Lipinski definition) is 1. The molecule has 0 spiro atoms. The molecule has 1 N–H and O–H groups in total. The molecule has 54 valence electrons. The van der Waals surface area contributed by atoms with E-state index in [0.717, 1.165) is 19.1 Å². The van der Waals surface area contributed by atoms with Gasteiger partial charge in [-0.05, 0) is 12.8 Å². The minimum absolute atomic E-state index is 0.00231. The summed E-state index contributed by atoms with van der Waals surface area (Å²) in [6, 6.07) is 0.299. The summed E-state index contributed by atoms with van der Waals surface area (Å²) in [5.74, 6) is 0.0922. The first-order chi connectivity index (χ1) is 4.81.